The van der Waals surface area contributed by atoms with Gasteiger partial charge in [-0.25, -0.2) is 9.98 Å². The van der Waals surface area contributed by atoms with E-state index in [0.717, 1.165) is 12.1 Å². The standard InChI is InChI=1S/C23H17F3N8O/c24-23(25,26)13-5-3-4-12(8-13)10-35-16-7-2-1-6-14(16)19-17-18(29)15(9-27)20(30)33-21(17)34-22(32-19)31-11-28/h1-8,19H,10H2,(H6,29,30,31,32,33,34). The summed E-state index contributed by atoms with van der Waals surface area (Å²) < 4.78 is 45.1. The Balaban J connectivity index is 1.75. The number of nitriles is 2. The van der Waals surface area contributed by atoms with Crippen LogP contribution in [0.15, 0.2) is 53.5 Å². The summed E-state index contributed by atoms with van der Waals surface area (Å²) in [6.07, 6.45) is -2.71. The zero-order valence-electron chi connectivity index (χ0n) is 17.9. The predicted molar refractivity (Wildman–Crippen MR) is 122 cm³/mol. The lowest BCUT2D eigenvalue weighted by Crippen LogP contribution is -2.32. The zero-order valence-corrected chi connectivity index (χ0v) is 17.9. The molecule has 0 amide bonds. The van der Waals surface area contributed by atoms with Gasteiger partial charge in [-0.05, 0) is 23.8 Å². The van der Waals surface area contributed by atoms with Crippen LogP contribution in [0.1, 0.15) is 33.9 Å². The van der Waals surface area contributed by atoms with Gasteiger partial charge in [0, 0.05) is 11.1 Å². The number of nitrogens with zero attached hydrogens (tertiary/aromatic N) is 4. The van der Waals surface area contributed by atoms with Crippen LogP contribution < -0.4 is 26.8 Å². The number of alkyl halides is 3. The summed E-state index contributed by atoms with van der Waals surface area (Å²) >= 11 is 0. The van der Waals surface area contributed by atoms with Gasteiger partial charge in [-0.15, -0.1) is 0 Å². The van der Waals surface area contributed by atoms with E-state index in [1.807, 2.05) is 6.07 Å². The van der Waals surface area contributed by atoms with Gasteiger partial charge in [-0.3, -0.25) is 5.32 Å². The molecule has 35 heavy (non-hydrogen) atoms. The molecule has 0 aliphatic carbocycles. The molecule has 2 aromatic carbocycles. The van der Waals surface area contributed by atoms with Crippen LogP contribution in [0, 0.1) is 22.8 Å². The van der Waals surface area contributed by atoms with E-state index in [4.69, 9.17) is 21.5 Å². The van der Waals surface area contributed by atoms with E-state index in [2.05, 4.69) is 20.6 Å². The molecule has 6 N–H and O–H groups in total. The molecule has 0 spiro atoms. The Morgan fingerprint density at radius 3 is 2.60 bits per heavy atom. The van der Waals surface area contributed by atoms with Crippen LogP contribution in [0.4, 0.5) is 30.5 Å². The summed E-state index contributed by atoms with van der Waals surface area (Å²) in [4.78, 5) is 8.68. The van der Waals surface area contributed by atoms with Gasteiger partial charge in [-0.2, -0.15) is 23.7 Å². The molecule has 0 saturated heterocycles. The second-order valence-corrected chi connectivity index (χ2v) is 7.43. The van der Waals surface area contributed by atoms with Gasteiger partial charge in [0.2, 0.25) is 5.96 Å². The third-order valence-electron chi connectivity index (χ3n) is 5.22. The number of fused-ring (bicyclic) bond motifs is 1. The fourth-order valence-corrected chi connectivity index (χ4v) is 3.64. The lowest BCUT2D eigenvalue weighted by molar-refractivity contribution is -0.137. The number of guanidine groups is 1. The molecule has 0 bridgehead atoms. The number of hydrogen-bond acceptors (Lipinski definition) is 9. The van der Waals surface area contributed by atoms with Gasteiger partial charge in [0.25, 0.3) is 0 Å². The third kappa shape index (κ3) is 4.58. The summed E-state index contributed by atoms with van der Waals surface area (Å²) in [6.45, 7) is -0.148. The fourth-order valence-electron chi connectivity index (χ4n) is 3.64. The monoisotopic (exact) mass is 478 g/mol. The van der Waals surface area contributed by atoms with Gasteiger partial charge in [0.05, 0.1) is 11.3 Å². The van der Waals surface area contributed by atoms with Crippen molar-refractivity contribution in [3.05, 3.63) is 76.3 Å². The van der Waals surface area contributed by atoms with Crippen molar-refractivity contribution >= 4 is 23.3 Å². The topological polar surface area (TPSA) is 158 Å². The Hall–Kier alpha value is -4.97. The Morgan fingerprint density at radius 2 is 1.89 bits per heavy atom. The first-order chi connectivity index (χ1) is 16.7. The SMILES string of the molecule is N#CNC1=NC(c2ccccc2OCc2cccc(C(F)(F)F)c2)c2c(nc(N)c(C#N)c2N)N1. The zero-order chi connectivity index (χ0) is 25.2. The van der Waals surface area contributed by atoms with Crippen molar-refractivity contribution in [3.63, 3.8) is 0 Å². The summed E-state index contributed by atoms with van der Waals surface area (Å²) in [5.74, 6) is 0.484. The summed E-state index contributed by atoms with van der Waals surface area (Å²) in [5.41, 5.74) is 12.5. The first-order valence-corrected chi connectivity index (χ1v) is 10.1. The number of pyridine rings is 1. The van der Waals surface area contributed by atoms with Gasteiger partial charge in [-0.1, -0.05) is 30.3 Å². The van der Waals surface area contributed by atoms with E-state index in [-0.39, 0.29) is 35.5 Å². The number of rotatable bonds is 4. The lowest BCUT2D eigenvalue weighted by atomic mass is 9.94. The summed E-state index contributed by atoms with van der Waals surface area (Å²) in [7, 11) is 0. The minimum Gasteiger partial charge on any atom is -0.489 e. The summed E-state index contributed by atoms with van der Waals surface area (Å²) in [5, 5.41) is 23.7. The number of ether oxygens (including phenoxy) is 1. The van der Waals surface area contributed by atoms with E-state index in [1.54, 1.807) is 30.5 Å². The van der Waals surface area contributed by atoms with E-state index in [9.17, 15) is 18.4 Å². The quantitative estimate of drug-likeness (QED) is 0.327. The molecule has 3 aromatic rings. The second-order valence-electron chi connectivity index (χ2n) is 7.43. The van der Waals surface area contributed by atoms with Gasteiger partial charge < -0.3 is 21.5 Å². The average molecular weight is 478 g/mol. The van der Waals surface area contributed by atoms with E-state index in [1.165, 1.54) is 12.1 Å². The number of aromatic nitrogens is 1. The highest BCUT2D eigenvalue weighted by molar-refractivity contribution is 5.98. The molecule has 9 nitrogen and oxygen atoms in total. The van der Waals surface area contributed by atoms with Crippen LogP contribution in [0.25, 0.3) is 0 Å². The number of halogens is 3. The molecular formula is C23H17F3N8O. The number of para-hydroxylation sites is 1. The third-order valence-corrected chi connectivity index (χ3v) is 5.22. The number of aliphatic imine (C=N–C) groups is 1. The smallest absolute Gasteiger partial charge is 0.416 e. The second kappa shape index (κ2) is 9.11. The van der Waals surface area contributed by atoms with Crippen LogP contribution in [-0.2, 0) is 12.8 Å². The molecule has 1 unspecified atom stereocenters. The number of benzene rings is 2. The highest BCUT2D eigenvalue weighted by atomic mass is 19.4. The molecule has 0 saturated carbocycles. The number of nitrogens with one attached hydrogen (secondary N) is 2. The van der Waals surface area contributed by atoms with Gasteiger partial charge in [0.15, 0.2) is 6.19 Å². The predicted octanol–water partition coefficient (Wildman–Crippen LogP) is 3.66. The van der Waals surface area contributed by atoms with E-state index < -0.39 is 17.8 Å². The Kier molecular flexibility index (Phi) is 6.04. The molecular weight excluding hydrogens is 461 g/mol. The maximum absolute atomic E-state index is 13.1. The molecule has 1 aromatic heterocycles. The molecule has 0 fully saturated rings. The molecule has 4 rings (SSSR count). The van der Waals surface area contributed by atoms with Crippen molar-refractivity contribution in [1.82, 2.24) is 10.3 Å². The van der Waals surface area contributed by atoms with Crippen molar-refractivity contribution in [2.45, 2.75) is 18.8 Å². The molecule has 1 aliphatic heterocycles. The number of hydrogen-bond donors (Lipinski definition) is 4. The minimum atomic E-state index is -4.48. The lowest BCUT2D eigenvalue weighted by Gasteiger charge is -2.27. The number of nitrogen functional groups attached to an aromatic ring is 2. The largest absolute Gasteiger partial charge is 0.489 e. The fraction of sp³-hybridized carbons (Fsp3) is 0.130. The van der Waals surface area contributed by atoms with Crippen LogP contribution in [0.2, 0.25) is 0 Å². The van der Waals surface area contributed by atoms with Crippen LogP contribution in [0.5, 0.6) is 5.75 Å². The van der Waals surface area contributed by atoms with Crippen molar-refractivity contribution in [1.29, 1.82) is 10.5 Å². The Bertz CT molecular complexity index is 1410. The molecule has 176 valence electrons. The first-order valence-electron chi connectivity index (χ1n) is 10.1. The minimum absolute atomic E-state index is 0.0233. The average Bonchev–Trinajstić information content (AvgIpc) is 2.82. The van der Waals surface area contributed by atoms with Crippen molar-refractivity contribution in [2.24, 2.45) is 4.99 Å². The molecule has 0 radical (unpaired) electrons. The highest BCUT2D eigenvalue weighted by Gasteiger charge is 2.32. The van der Waals surface area contributed by atoms with E-state index >= 15 is 0 Å². The van der Waals surface area contributed by atoms with Crippen LogP contribution >= 0.6 is 0 Å². The Morgan fingerprint density at radius 1 is 1.11 bits per heavy atom. The molecule has 12 heteroatoms. The summed E-state index contributed by atoms with van der Waals surface area (Å²) in [6, 6.07) is 12.6. The van der Waals surface area contributed by atoms with Crippen molar-refractivity contribution < 1.29 is 17.9 Å². The Labute approximate surface area is 197 Å². The van der Waals surface area contributed by atoms with Gasteiger partial charge in [0.1, 0.15) is 41.7 Å². The molecule has 2 heterocycles. The van der Waals surface area contributed by atoms with Crippen LogP contribution in [-0.4, -0.2) is 10.9 Å². The normalized spacial score (nSPS) is 14.5. The maximum atomic E-state index is 13.1. The maximum Gasteiger partial charge on any atom is 0.416 e. The van der Waals surface area contributed by atoms with Crippen molar-refractivity contribution in [2.75, 3.05) is 16.8 Å². The molecule has 1 atom stereocenters. The van der Waals surface area contributed by atoms with Crippen LogP contribution in [0.3, 0.4) is 0 Å². The number of anilines is 3. The molecule has 1 aliphatic rings. The van der Waals surface area contributed by atoms with Crippen molar-refractivity contribution in [3.8, 4) is 18.0 Å². The van der Waals surface area contributed by atoms with E-state index in [0.29, 0.717) is 22.4 Å². The first kappa shape index (κ1) is 23.2. The van der Waals surface area contributed by atoms with Gasteiger partial charge >= 0.3 is 6.18 Å². The highest BCUT2D eigenvalue weighted by Crippen LogP contribution is 2.43. The number of nitrogens with two attached hydrogens (primary N) is 2.